The van der Waals surface area contributed by atoms with Crippen LogP contribution in [0.3, 0.4) is 0 Å². The lowest BCUT2D eigenvalue weighted by molar-refractivity contribution is -0.121. The zero-order valence-corrected chi connectivity index (χ0v) is 16.4. The minimum Gasteiger partial charge on any atom is -0.351 e. The monoisotopic (exact) mass is 404 g/mol. The molecule has 4 rings (SSSR count). The Labute approximate surface area is 162 Å². The first-order chi connectivity index (χ1) is 12.9. The van der Waals surface area contributed by atoms with Crippen molar-refractivity contribution < 1.29 is 18.0 Å². The van der Waals surface area contributed by atoms with Crippen molar-refractivity contribution in [3.05, 3.63) is 45.6 Å². The summed E-state index contributed by atoms with van der Waals surface area (Å²) in [4.78, 5) is 27.1. The number of nitrogens with one attached hydrogen (secondary N) is 1. The number of amides is 2. The lowest BCUT2D eigenvalue weighted by Crippen LogP contribution is -2.33. The van der Waals surface area contributed by atoms with Gasteiger partial charge in [-0.15, -0.1) is 11.3 Å². The largest absolute Gasteiger partial charge is 0.351 e. The Morgan fingerprint density at radius 3 is 2.70 bits per heavy atom. The van der Waals surface area contributed by atoms with E-state index in [1.807, 2.05) is 17.5 Å². The van der Waals surface area contributed by atoms with Crippen molar-refractivity contribution in [2.45, 2.75) is 37.1 Å². The van der Waals surface area contributed by atoms with Crippen molar-refractivity contribution in [3.63, 3.8) is 0 Å². The van der Waals surface area contributed by atoms with Crippen molar-refractivity contribution in [1.82, 2.24) is 5.32 Å². The average Bonchev–Trinajstić information content (AvgIpc) is 3.32. The Balaban J connectivity index is 1.45. The van der Waals surface area contributed by atoms with Gasteiger partial charge in [-0.05, 0) is 47.5 Å². The van der Waals surface area contributed by atoms with E-state index in [2.05, 4.69) is 5.32 Å². The number of hydrogen-bond donors (Lipinski definition) is 1. The van der Waals surface area contributed by atoms with Crippen LogP contribution < -0.4 is 10.2 Å². The van der Waals surface area contributed by atoms with Crippen molar-refractivity contribution in [2.24, 2.45) is 0 Å². The first kappa shape index (κ1) is 18.2. The highest BCUT2D eigenvalue weighted by molar-refractivity contribution is 7.91. The normalized spacial score (nSPS) is 15.7. The van der Waals surface area contributed by atoms with Gasteiger partial charge in [-0.1, -0.05) is 6.07 Å². The second-order valence-electron chi connectivity index (χ2n) is 6.81. The number of hydrogen-bond acceptors (Lipinski definition) is 5. The van der Waals surface area contributed by atoms with Crippen LogP contribution in [0.5, 0.6) is 0 Å². The van der Waals surface area contributed by atoms with Crippen molar-refractivity contribution in [3.8, 4) is 0 Å². The zero-order chi connectivity index (χ0) is 19.0. The molecule has 1 N–H and O–H groups in total. The van der Waals surface area contributed by atoms with Crippen LogP contribution in [0.2, 0.25) is 0 Å². The number of anilines is 1. The Kier molecular flexibility index (Phi) is 4.77. The molecule has 0 bridgehead atoms. The van der Waals surface area contributed by atoms with Gasteiger partial charge in [-0.2, -0.15) is 0 Å². The second kappa shape index (κ2) is 7.09. The van der Waals surface area contributed by atoms with Gasteiger partial charge in [0.05, 0.1) is 22.9 Å². The standard InChI is InChI=1S/C19H20N2O4S2/c22-17(20-12-15-2-1-8-26-15)6-9-27(24,25)16-10-13-3-4-18(23)21-7-5-14(11-16)19(13)21/h1-2,8,10-11H,3-7,9,12H2,(H,20,22). The summed E-state index contributed by atoms with van der Waals surface area (Å²) in [5.74, 6) is -0.380. The zero-order valence-electron chi connectivity index (χ0n) is 14.7. The van der Waals surface area contributed by atoms with Gasteiger partial charge in [0.15, 0.2) is 9.84 Å². The molecule has 0 spiro atoms. The fourth-order valence-corrected chi connectivity index (χ4v) is 5.62. The van der Waals surface area contributed by atoms with Crippen LogP contribution in [0.25, 0.3) is 0 Å². The maximum absolute atomic E-state index is 12.7. The van der Waals surface area contributed by atoms with Gasteiger partial charge >= 0.3 is 0 Å². The smallest absolute Gasteiger partial charge is 0.227 e. The van der Waals surface area contributed by atoms with E-state index in [4.69, 9.17) is 0 Å². The van der Waals surface area contributed by atoms with E-state index in [9.17, 15) is 18.0 Å². The summed E-state index contributed by atoms with van der Waals surface area (Å²) in [6, 6.07) is 7.19. The predicted molar refractivity (Wildman–Crippen MR) is 104 cm³/mol. The quantitative estimate of drug-likeness (QED) is 0.799. The molecule has 0 saturated carbocycles. The Bertz CT molecular complexity index is 997. The molecule has 6 nitrogen and oxygen atoms in total. The molecule has 27 heavy (non-hydrogen) atoms. The van der Waals surface area contributed by atoms with Gasteiger partial charge < -0.3 is 10.2 Å². The van der Waals surface area contributed by atoms with Crippen LogP contribution in [-0.2, 0) is 38.8 Å². The third kappa shape index (κ3) is 3.64. The highest BCUT2D eigenvalue weighted by Crippen LogP contribution is 2.38. The molecule has 0 atom stereocenters. The molecule has 0 unspecified atom stereocenters. The molecular weight excluding hydrogens is 384 g/mol. The molecule has 0 fully saturated rings. The average molecular weight is 405 g/mol. The van der Waals surface area contributed by atoms with Gasteiger partial charge in [0.1, 0.15) is 0 Å². The number of thiophene rings is 1. The minimum absolute atomic E-state index is 0.0647. The van der Waals surface area contributed by atoms with Crippen molar-refractivity contribution >= 4 is 38.7 Å². The molecule has 2 aliphatic heterocycles. The minimum atomic E-state index is -3.55. The molecule has 8 heteroatoms. The number of carbonyl (C=O) groups excluding carboxylic acids is 2. The molecule has 0 radical (unpaired) electrons. The first-order valence-electron chi connectivity index (χ1n) is 8.92. The summed E-state index contributed by atoms with van der Waals surface area (Å²) >= 11 is 1.55. The summed E-state index contributed by atoms with van der Waals surface area (Å²) in [6.07, 6.45) is 1.60. The van der Waals surface area contributed by atoms with E-state index >= 15 is 0 Å². The topological polar surface area (TPSA) is 83.6 Å². The number of carbonyl (C=O) groups is 2. The maximum atomic E-state index is 12.7. The van der Waals surface area contributed by atoms with E-state index in [1.165, 1.54) is 0 Å². The second-order valence-corrected chi connectivity index (χ2v) is 9.95. The fraction of sp³-hybridized carbons (Fsp3) is 0.368. The Hall–Kier alpha value is -2.19. The summed E-state index contributed by atoms with van der Waals surface area (Å²) in [5.41, 5.74) is 2.74. The summed E-state index contributed by atoms with van der Waals surface area (Å²) in [7, 11) is -3.55. The maximum Gasteiger partial charge on any atom is 0.227 e. The summed E-state index contributed by atoms with van der Waals surface area (Å²) in [5, 5.41) is 4.69. The van der Waals surface area contributed by atoms with E-state index in [0.29, 0.717) is 32.4 Å². The van der Waals surface area contributed by atoms with Crippen molar-refractivity contribution in [2.75, 3.05) is 17.2 Å². The van der Waals surface area contributed by atoms with Gasteiger partial charge in [-0.3, -0.25) is 9.59 Å². The van der Waals surface area contributed by atoms with Crippen LogP contribution in [-0.4, -0.2) is 32.5 Å². The summed E-state index contributed by atoms with van der Waals surface area (Å²) in [6.45, 7) is 1.04. The van der Waals surface area contributed by atoms with Crippen molar-refractivity contribution in [1.29, 1.82) is 0 Å². The fourth-order valence-electron chi connectivity index (χ4n) is 3.64. The number of nitrogens with zero attached hydrogens (tertiary/aromatic N) is 1. The van der Waals surface area contributed by atoms with E-state index in [-0.39, 0.29) is 28.9 Å². The third-order valence-electron chi connectivity index (χ3n) is 5.02. The molecule has 2 aliphatic rings. The highest BCUT2D eigenvalue weighted by Gasteiger charge is 2.32. The SMILES string of the molecule is O=C(CCS(=O)(=O)c1cc2c3c(c1)CCN3C(=O)CC2)NCc1cccs1. The van der Waals surface area contributed by atoms with Crippen LogP contribution >= 0.6 is 11.3 Å². The van der Waals surface area contributed by atoms with E-state index in [1.54, 1.807) is 28.4 Å². The molecule has 1 aromatic heterocycles. The molecule has 2 aromatic rings. The van der Waals surface area contributed by atoms with Gasteiger partial charge in [0.25, 0.3) is 0 Å². The Morgan fingerprint density at radius 2 is 1.96 bits per heavy atom. The highest BCUT2D eigenvalue weighted by atomic mass is 32.2. The molecule has 142 valence electrons. The van der Waals surface area contributed by atoms with Gasteiger partial charge in [-0.25, -0.2) is 8.42 Å². The van der Waals surface area contributed by atoms with Gasteiger partial charge in [0, 0.05) is 24.3 Å². The van der Waals surface area contributed by atoms with Gasteiger partial charge in [0.2, 0.25) is 11.8 Å². The number of sulfone groups is 1. The van der Waals surface area contributed by atoms with E-state index in [0.717, 1.165) is 21.7 Å². The summed E-state index contributed by atoms with van der Waals surface area (Å²) < 4.78 is 25.5. The first-order valence-corrected chi connectivity index (χ1v) is 11.5. The van der Waals surface area contributed by atoms with Crippen LogP contribution in [0, 0.1) is 0 Å². The van der Waals surface area contributed by atoms with Crippen LogP contribution in [0.15, 0.2) is 34.5 Å². The number of benzene rings is 1. The molecular formula is C19H20N2O4S2. The predicted octanol–water partition coefficient (Wildman–Crippen LogP) is 2.06. The molecule has 3 heterocycles. The van der Waals surface area contributed by atoms with Crippen LogP contribution in [0.1, 0.15) is 28.8 Å². The lowest BCUT2D eigenvalue weighted by Gasteiger charge is -2.25. The molecule has 2 amide bonds. The molecule has 0 aliphatic carbocycles. The molecule has 0 saturated heterocycles. The number of aryl methyl sites for hydroxylation is 1. The van der Waals surface area contributed by atoms with E-state index < -0.39 is 9.84 Å². The third-order valence-corrected chi connectivity index (χ3v) is 7.59. The lowest BCUT2D eigenvalue weighted by atomic mass is 10.00. The molecule has 1 aromatic carbocycles. The number of rotatable bonds is 6. The Morgan fingerprint density at radius 1 is 1.19 bits per heavy atom. The van der Waals surface area contributed by atoms with Crippen LogP contribution in [0.4, 0.5) is 5.69 Å².